The highest BCUT2D eigenvalue weighted by molar-refractivity contribution is 5.93. The molecule has 1 aromatic rings. The standard InChI is InChI=1S/C17H27N3O/c1-13-6-5-7-14(2)17(13)18-16(21)12-20(4)15-8-10-19(3)11-9-15/h5-7,15H,8-12H2,1-4H3,(H,18,21). The maximum atomic E-state index is 12.3. The van der Waals surface area contributed by atoms with Gasteiger partial charge in [0.1, 0.15) is 0 Å². The van der Waals surface area contributed by atoms with Crippen LogP contribution in [-0.4, -0.2) is 55.5 Å². The number of nitrogens with zero attached hydrogens (tertiary/aromatic N) is 2. The lowest BCUT2D eigenvalue weighted by Gasteiger charge is -2.34. The van der Waals surface area contributed by atoms with E-state index in [1.807, 2.05) is 32.0 Å². The summed E-state index contributed by atoms with van der Waals surface area (Å²) in [5.74, 6) is 0.0776. The molecule has 1 aliphatic rings. The highest BCUT2D eigenvalue weighted by Crippen LogP contribution is 2.19. The van der Waals surface area contributed by atoms with Gasteiger partial charge in [-0.3, -0.25) is 9.69 Å². The number of benzene rings is 1. The number of piperidine rings is 1. The van der Waals surface area contributed by atoms with E-state index in [1.165, 1.54) is 0 Å². The number of carbonyl (C=O) groups excluding carboxylic acids is 1. The number of hydrogen-bond acceptors (Lipinski definition) is 3. The van der Waals surface area contributed by atoms with Crippen LogP contribution < -0.4 is 5.32 Å². The summed E-state index contributed by atoms with van der Waals surface area (Å²) in [7, 11) is 4.21. The number of amides is 1. The van der Waals surface area contributed by atoms with Crippen LogP contribution in [0.15, 0.2) is 18.2 Å². The number of para-hydroxylation sites is 1. The van der Waals surface area contributed by atoms with Crippen LogP contribution in [0.5, 0.6) is 0 Å². The molecule has 0 saturated carbocycles. The van der Waals surface area contributed by atoms with E-state index in [0.717, 1.165) is 42.7 Å². The Morgan fingerprint density at radius 2 is 1.86 bits per heavy atom. The number of likely N-dealkylation sites (N-methyl/N-ethyl adjacent to an activating group) is 1. The Labute approximate surface area is 128 Å². The Kier molecular flexibility index (Phi) is 5.37. The monoisotopic (exact) mass is 289 g/mol. The van der Waals surface area contributed by atoms with Gasteiger partial charge in [0.15, 0.2) is 0 Å². The van der Waals surface area contributed by atoms with Crippen molar-refractivity contribution in [3.05, 3.63) is 29.3 Å². The molecule has 0 atom stereocenters. The molecule has 0 bridgehead atoms. The van der Waals surface area contributed by atoms with Crippen molar-refractivity contribution in [1.82, 2.24) is 9.80 Å². The third kappa shape index (κ3) is 4.29. The van der Waals surface area contributed by atoms with E-state index in [2.05, 4.69) is 29.2 Å². The number of carbonyl (C=O) groups is 1. The largest absolute Gasteiger partial charge is 0.324 e. The first-order valence-corrected chi connectivity index (χ1v) is 7.72. The Balaban J connectivity index is 1.89. The molecule has 0 radical (unpaired) electrons. The second-order valence-corrected chi connectivity index (χ2v) is 6.26. The normalized spacial score (nSPS) is 17.2. The number of anilines is 1. The van der Waals surface area contributed by atoms with E-state index in [0.29, 0.717) is 12.6 Å². The Hall–Kier alpha value is -1.39. The first kappa shape index (κ1) is 16.0. The topological polar surface area (TPSA) is 35.6 Å². The lowest BCUT2D eigenvalue weighted by molar-refractivity contribution is -0.117. The third-order valence-electron chi connectivity index (χ3n) is 4.45. The van der Waals surface area contributed by atoms with Crippen molar-refractivity contribution in [2.24, 2.45) is 0 Å². The fraction of sp³-hybridized carbons (Fsp3) is 0.588. The van der Waals surface area contributed by atoms with Crippen molar-refractivity contribution in [2.75, 3.05) is 39.0 Å². The quantitative estimate of drug-likeness (QED) is 0.923. The van der Waals surface area contributed by atoms with E-state index in [9.17, 15) is 4.79 Å². The molecule has 4 nitrogen and oxygen atoms in total. The molecular weight excluding hydrogens is 262 g/mol. The molecule has 116 valence electrons. The fourth-order valence-electron chi connectivity index (χ4n) is 2.98. The minimum atomic E-state index is 0.0776. The van der Waals surface area contributed by atoms with E-state index in [4.69, 9.17) is 0 Å². The van der Waals surface area contributed by atoms with E-state index in [1.54, 1.807) is 0 Å². The molecule has 1 heterocycles. The van der Waals surface area contributed by atoms with Crippen molar-refractivity contribution in [2.45, 2.75) is 32.7 Å². The van der Waals surface area contributed by atoms with Crippen LogP contribution in [0.1, 0.15) is 24.0 Å². The number of nitrogens with one attached hydrogen (secondary N) is 1. The van der Waals surface area contributed by atoms with Crippen molar-refractivity contribution < 1.29 is 4.79 Å². The average Bonchev–Trinajstić information content (AvgIpc) is 2.43. The summed E-state index contributed by atoms with van der Waals surface area (Å²) in [6.45, 7) is 6.76. The summed E-state index contributed by atoms with van der Waals surface area (Å²) in [6.07, 6.45) is 2.29. The predicted octanol–water partition coefficient (Wildman–Crippen LogP) is 2.27. The molecule has 0 unspecified atom stereocenters. The Morgan fingerprint density at radius 3 is 2.43 bits per heavy atom. The van der Waals surface area contributed by atoms with Crippen LogP contribution in [0.3, 0.4) is 0 Å². The molecule has 1 N–H and O–H groups in total. The van der Waals surface area contributed by atoms with Gasteiger partial charge in [-0.1, -0.05) is 18.2 Å². The molecular formula is C17H27N3O. The zero-order valence-corrected chi connectivity index (χ0v) is 13.6. The lowest BCUT2D eigenvalue weighted by Crippen LogP contribution is -2.44. The number of aryl methyl sites for hydroxylation is 2. The van der Waals surface area contributed by atoms with Gasteiger partial charge in [0.2, 0.25) is 5.91 Å². The molecule has 1 amide bonds. The van der Waals surface area contributed by atoms with Gasteiger partial charge in [-0.25, -0.2) is 0 Å². The van der Waals surface area contributed by atoms with Crippen LogP contribution >= 0.6 is 0 Å². The first-order chi connectivity index (χ1) is 9.97. The van der Waals surface area contributed by atoms with E-state index in [-0.39, 0.29) is 5.91 Å². The fourth-order valence-corrected chi connectivity index (χ4v) is 2.98. The molecule has 1 saturated heterocycles. The molecule has 1 fully saturated rings. The Morgan fingerprint density at radius 1 is 1.29 bits per heavy atom. The summed E-state index contributed by atoms with van der Waals surface area (Å²) in [4.78, 5) is 16.8. The van der Waals surface area contributed by atoms with Crippen molar-refractivity contribution in [3.8, 4) is 0 Å². The second kappa shape index (κ2) is 7.05. The van der Waals surface area contributed by atoms with Gasteiger partial charge in [-0.2, -0.15) is 0 Å². The summed E-state index contributed by atoms with van der Waals surface area (Å²) < 4.78 is 0. The SMILES string of the molecule is Cc1cccc(C)c1NC(=O)CN(C)C1CCN(C)CC1. The third-order valence-corrected chi connectivity index (χ3v) is 4.45. The smallest absolute Gasteiger partial charge is 0.238 e. The molecule has 1 aromatic carbocycles. The van der Waals surface area contributed by atoms with E-state index >= 15 is 0 Å². The van der Waals surface area contributed by atoms with Crippen LogP contribution in [0.2, 0.25) is 0 Å². The van der Waals surface area contributed by atoms with Gasteiger partial charge in [-0.05, 0) is 65.0 Å². The predicted molar refractivity (Wildman–Crippen MR) is 87.7 cm³/mol. The minimum absolute atomic E-state index is 0.0776. The Bertz CT molecular complexity index is 473. The van der Waals surface area contributed by atoms with Crippen molar-refractivity contribution in [1.29, 1.82) is 0 Å². The number of likely N-dealkylation sites (tertiary alicyclic amines) is 1. The van der Waals surface area contributed by atoms with Gasteiger partial charge in [0.05, 0.1) is 6.54 Å². The number of rotatable bonds is 4. The van der Waals surface area contributed by atoms with Crippen LogP contribution in [0.4, 0.5) is 5.69 Å². The first-order valence-electron chi connectivity index (χ1n) is 7.72. The molecule has 0 aliphatic carbocycles. The van der Waals surface area contributed by atoms with Gasteiger partial charge in [0, 0.05) is 11.7 Å². The molecule has 4 heteroatoms. The highest BCUT2D eigenvalue weighted by atomic mass is 16.2. The minimum Gasteiger partial charge on any atom is -0.324 e. The van der Waals surface area contributed by atoms with Crippen LogP contribution in [0.25, 0.3) is 0 Å². The van der Waals surface area contributed by atoms with Gasteiger partial charge in [0.25, 0.3) is 0 Å². The molecule has 2 rings (SSSR count). The molecule has 1 aliphatic heterocycles. The lowest BCUT2D eigenvalue weighted by atomic mass is 10.0. The van der Waals surface area contributed by atoms with Crippen molar-refractivity contribution >= 4 is 11.6 Å². The van der Waals surface area contributed by atoms with E-state index < -0.39 is 0 Å². The van der Waals surface area contributed by atoms with Gasteiger partial charge >= 0.3 is 0 Å². The maximum Gasteiger partial charge on any atom is 0.238 e. The summed E-state index contributed by atoms with van der Waals surface area (Å²) >= 11 is 0. The zero-order valence-electron chi connectivity index (χ0n) is 13.6. The summed E-state index contributed by atoms with van der Waals surface area (Å²) in [6, 6.07) is 6.60. The summed E-state index contributed by atoms with van der Waals surface area (Å²) in [5.41, 5.74) is 3.19. The molecule has 0 aromatic heterocycles. The van der Waals surface area contributed by atoms with Crippen molar-refractivity contribution in [3.63, 3.8) is 0 Å². The average molecular weight is 289 g/mol. The van der Waals surface area contributed by atoms with Gasteiger partial charge < -0.3 is 10.2 Å². The maximum absolute atomic E-state index is 12.3. The second-order valence-electron chi connectivity index (χ2n) is 6.26. The summed E-state index contributed by atoms with van der Waals surface area (Å²) in [5, 5.41) is 3.07. The van der Waals surface area contributed by atoms with Crippen LogP contribution in [-0.2, 0) is 4.79 Å². The molecule has 0 spiro atoms. The van der Waals surface area contributed by atoms with Crippen LogP contribution in [0, 0.1) is 13.8 Å². The number of hydrogen-bond donors (Lipinski definition) is 1. The van der Waals surface area contributed by atoms with Gasteiger partial charge in [-0.15, -0.1) is 0 Å². The highest BCUT2D eigenvalue weighted by Gasteiger charge is 2.22. The zero-order chi connectivity index (χ0) is 15.4. The molecule has 21 heavy (non-hydrogen) atoms.